The molecule has 0 saturated heterocycles. The normalized spacial score (nSPS) is 10.8. The summed E-state index contributed by atoms with van der Waals surface area (Å²) >= 11 is 1.60. The molecule has 0 spiro atoms. The minimum atomic E-state index is -0.0886. The molecule has 2 aromatic rings. The van der Waals surface area contributed by atoms with Crippen LogP contribution in [0.4, 0.5) is 5.69 Å². The van der Waals surface area contributed by atoms with Gasteiger partial charge < -0.3 is 14.8 Å². The van der Waals surface area contributed by atoms with Gasteiger partial charge in [0.1, 0.15) is 0 Å². The monoisotopic (exact) mass is 376 g/mol. The minimum absolute atomic E-state index is 0.0886. The molecule has 0 bridgehead atoms. The summed E-state index contributed by atoms with van der Waals surface area (Å²) in [7, 11) is 0. The van der Waals surface area contributed by atoms with Gasteiger partial charge in [0.2, 0.25) is 5.91 Å². The van der Waals surface area contributed by atoms with Crippen LogP contribution in [-0.2, 0) is 11.2 Å². The number of ether oxygens (including phenoxy) is 2. The Hall–Kier alpha value is -2.08. The van der Waals surface area contributed by atoms with E-state index in [9.17, 15) is 4.79 Å². The van der Waals surface area contributed by atoms with Crippen molar-refractivity contribution in [1.82, 2.24) is 4.98 Å². The average Bonchev–Trinajstić information content (AvgIpc) is 3.07. The van der Waals surface area contributed by atoms with Gasteiger partial charge in [-0.1, -0.05) is 27.7 Å². The van der Waals surface area contributed by atoms with Crippen molar-refractivity contribution in [2.24, 2.45) is 0 Å². The van der Waals surface area contributed by atoms with Crippen LogP contribution in [-0.4, -0.2) is 24.1 Å². The van der Waals surface area contributed by atoms with Crippen LogP contribution in [0.15, 0.2) is 23.6 Å². The van der Waals surface area contributed by atoms with Gasteiger partial charge in [0.25, 0.3) is 0 Å². The molecule has 1 aromatic carbocycles. The highest BCUT2D eigenvalue weighted by atomic mass is 32.1. The lowest BCUT2D eigenvalue weighted by Gasteiger charge is -2.14. The third-order valence-electron chi connectivity index (χ3n) is 3.56. The summed E-state index contributed by atoms with van der Waals surface area (Å²) in [4.78, 5) is 16.8. The molecule has 1 N–H and O–H groups in total. The zero-order valence-corrected chi connectivity index (χ0v) is 16.8. The number of amides is 1. The molecule has 1 amide bonds. The van der Waals surface area contributed by atoms with E-state index in [0.717, 1.165) is 23.5 Å². The Kier molecular flexibility index (Phi) is 7.91. The second-order valence-corrected chi connectivity index (χ2v) is 7.30. The van der Waals surface area contributed by atoms with Crippen molar-refractivity contribution in [2.75, 3.05) is 18.5 Å². The number of hydrogen-bond acceptors (Lipinski definition) is 5. The molecule has 0 saturated carbocycles. The first-order valence-electron chi connectivity index (χ1n) is 9.17. The van der Waals surface area contributed by atoms with Crippen LogP contribution in [0.3, 0.4) is 0 Å². The Balaban J connectivity index is 2.03. The van der Waals surface area contributed by atoms with Crippen LogP contribution in [0.5, 0.6) is 11.5 Å². The molecule has 0 fully saturated rings. The Labute approximate surface area is 159 Å². The molecule has 26 heavy (non-hydrogen) atoms. The number of thiazole rings is 1. The summed E-state index contributed by atoms with van der Waals surface area (Å²) in [6.07, 6.45) is 2.10. The zero-order chi connectivity index (χ0) is 18.9. The fourth-order valence-electron chi connectivity index (χ4n) is 2.28. The van der Waals surface area contributed by atoms with Crippen LogP contribution in [0.1, 0.15) is 57.2 Å². The molecule has 0 aliphatic rings. The smallest absolute Gasteiger partial charge is 0.230 e. The van der Waals surface area contributed by atoms with E-state index in [-0.39, 0.29) is 12.3 Å². The molecule has 142 valence electrons. The molecule has 0 unspecified atom stereocenters. The van der Waals surface area contributed by atoms with Gasteiger partial charge in [0.15, 0.2) is 11.5 Å². The van der Waals surface area contributed by atoms with E-state index < -0.39 is 0 Å². The van der Waals surface area contributed by atoms with E-state index in [4.69, 9.17) is 9.47 Å². The fraction of sp³-hybridized carbons (Fsp3) is 0.500. The topological polar surface area (TPSA) is 60.5 Å². The second-order valence-electron chi connectivity index (χ2n) is 6.42. The van der Waals surface area contributed by atoms with Crippen LogP contribution >= 0.6 is 11.3 Å². The van der Waals surface area contributed by atoms with E-state index in [1.54, 1.807) is 11.3 Å². The summed E-state index contributed by atoms with van der Waals surface area (Å²) in [6.45, 7) is 9.56. The third-order valence-corrected chi connectivity index (χ3v) is 4.75. The van der Waals surface area contributed by atoms with Crippen molar-refractivity contribution in [1.29, 1.82) is 0 Å². The average molecular weight is 377 g/mol. The Morgan fingerprint density at radius 3 is 2.46 bits per heavy atom. The quantitative estimate of drug-likeness (QED) is 0.632. The molecule has 5 nitrogen and oxygen atoms in total. The Morgan fingerprint density at radius 2 is 1.85 bits per heavy atom. The number of anilines is 1. The number of nitrogens with zero attached hydrogens (tertiary/aromatic N) is 1. The number of nitrogens with one attached hydrogen (secondary N) is 1. The molecule has 0 aliphatic carbocycles. The number of benzene rings is 1. The Morgan fingerprint density at radius 1 is 1.15 bits per heavy atom. The molecule has 1 aromatic heterocycles. The van der Waals surface area contributed by atoms with Gasteiger partial charge in [-0.3, -0.25) is 4.79 Å². The summed E-state index contributed by atoms with van der Waals surface area (Å²) in [5.74, 6) is 1.66. The summed E-state index contributed by atoms with van der Waals surface area (Å²) < 4.78 is 11.5. The van der Waals surface area contributed by atoms with Crippen LogP contribution in [0, 0.1) is 0 Å². The molecule has 2 rings (SSSR count). The van der Waals surface area contributed by atoms with Gasteiger partial charge in [-0.15, -0.1) is 11.3 Å². The zero-order valence-electron chi connectivity index (χ0n) is 16.0. The fourth-order valence-corrected chi connectivity index (χ4v) is 3.12. The SMILES string of the molecule is CCCOc1ccc(NC(=O)Cc2csc(C(C)C)n2)cc1OCCC. The van der Waals surface area contributed by atoms with Gasteiger partial charge >= 0.3 is 0 Å². The van der Waals surface area contributed by atoms with Crippen molar-refractivity contribution < 1.29 is 14.3 Å². The third kappa shape index (κ3) is 6.02. The lowest BCUT2D eigenvalue weighted by atomic mass is 10.2. The van der Waals surface area contributed by atoms with Crippen molar-refractivity contribution in [3.8, 4) is 11.5 Å². The largest absolute Gasteiger partial charge is 0.490 e. The van der Waals surface area contributed by atoms with Gasteiger partial charge in [0, 0.05) is 23.1 Å². The molecular weight excluding hydrogens is 348 g/mol. The predicted molar refractivity (Wildman–Crippen MR) is 107 cm³/mol. The predicted octanol–water partition coefficient (Wildman–Crippen LogP) is 5.03. The first kappa shape index (κ1) is 20.2. The second kappa shape index (κ2) is 10.2. The maximum absolute atomic E-state index is 12.3. The number of rotatable bonds is 10. The van der Waals surface area contributed by atoms with Gasteiger partial charge in [0.05, 0.1) is 30.3 Å². The highest BCUT2D eigenvalue weighted by Crippen LogP contribution is 2.31. The van der Waals surface area contributed by atoms with Gasteiger partial charge in [-0.25, -0.2) is 4.98 Å². The first-order chi connectivity index (χ1) is 12.5. The van der Waals surface area contributed by atoms with E-state index in [2.05, 4.69) is 38.0 Å². The van der Waals surface area contributed by atoms with E-state index in [0.29, 0.717) is 36.3 Å². The molecule has 0 aliphatic heterocycles. The van der Waals surface area contributed by atoms with E-state index in [1.165, 1.54) is 0 Å². The number of aromatic nitrogens is 1. The maximum atomic E-state index is 12.3. The van der Waals surface area contributed by atoms with Crippen molar-refractivity contribution in [2.45, 2.75) is 52.9 Å². The number of hydrogen-bond donors (Lipinski definition) is 1. The van der Waals surface area contributed by atoms with Crippen LogP contribution < -0.4 is 14.8 Å². The van der Waals surface area contributed by atoms with Gasteiger partial charge in [-0.2, -0.15) is 0 Å². The maximum Gasteiger partial charge on any atom is 0.230 e. The van der Waals surface area contributed by atoms with E-state index >= 15 is 0 Å². The molecule has 0 radical (unpaired) electrons. The first-order valence-corrected chi connectivity index (χ1v) is 10.0. The Bertz CT molecular complexity index is 713. The van der Waals surface area contributed by atoms with Gasteiger partial charge in [-0.05, 0) is 25.0 Å². The standard InChI is InChI=1S/C20H28N2O3S/c1-5-9-24-17-8-7-15(11-18(17)25-10-6-2)21-19(23)12-16-13-26-20(22-16)14(3)4/h7-8,11,13-14H,5-6,9-10,12H2,1-4H3,(H,21,23). The molecule has 0 atom stereocenters. The molecule has 1 heterocycles. The van der Waals surface area contributed by atoms with Crippen LogP contribution in [0.2, 0.25) is 0 Å². The highest BCUT2D eigenvalue weighted by molar-refractivity contribution is 7.09. The number of carbonyl (C=O) groups excluding carboxylic acids is 1. The highest BCUT2D eigenvalue weighted by Gasteiger charge is 2.12. The molecule has 6 heteroatoms. The van der Waals surface area contributed by atoms with Crippen LogP contribution in [0.25, 0.3) is 0 Å². The van der Waals surface area contributed by atoms with Crippen molar-refractivity contribution in [3.63, 3.8) is 0 Å². The minimum Gasteiger partial charge on any atom is -0.490 e. The van der Waals surface area contributed by atoms with Crippen molar-refractivity contribution >= 4 is 22.9 Å². The lowest BCUT2D eigenvalue weighted by Crippen LogP contribution is -2.15. The lowest BCUT2D eigenvalue weighted by molar-refractivity contribution is -0.115. The van der Waals surface area contributed by atoms with Crippen molar-refractivity contribution in [3.05, 3.63) is 34.3 Å². The molecular formula is C20H28N2O3S. The summed E-state index contributed by atoms with van der Waals surface area (Å²) in [6, 6.07) is 5.50. The summed E-state index contributed by atoms with van der Waals surface area (Å²) in [5, 5.41) is 5.93. The number of carbonyl (C=O) groups is 1. The van der Waals surface area contributed by atoms with E-state index in [1.807, 2.05) is 23.6 Å². The summed E-state index contributed by atoms with van der Waals surface area (Å²) in [5.41, 5.74) is 1.51.